The molecular weight excluding hydrogens is 483 g/mol. The summed E-state index contributed by atoms with van der Waals surface area (Å²) in [5.74, 6) is -0.704. The van der Waals surface area contributed by atoms with Crippen molar-refractivity contribution >= 4 is 22.9 Å². The maximum absolute atomic E-state index is 13.1. The first-order valence-corrected chi connectivity index (χ1v) is 11.8. The topological polar surface area (TPSA) is 89.9 Å². The van der Waals surface area contributed by atoms with Gasteiger partial charge in [-0.3, -0.25) is 8.51 Å². The Bertz CT molecular complexity index is 1250. The molecule has 3 aromatic rings. The van der Waals surface area contributed by atoms with Gasteiger partial charge in [-0.05, 0) is 71.8 Å². The van der Waals surface area contributed by atoms with Gasteiger partial charge in [-0.15, -0.1) is 0 Å². The lowest BCUT2D eigenvalue weighted by Crippen LogP contribution is -2.33. The van der Waals surface area contributed by atoms with Gasteiger partial charge in [0.1, 0.15) is 5.75 Å². The maximum Gasteiger partial charge on any atom is 0.416 e. The molecule has 0 aromatic heterocycles. The van der Waals surface area contributed by atoms with Crippen LogP contribution in [0.15, 0.2) is 66.7 Å². The third kappa shape index (κ3) is 5.49. The lowest BCUT2D eigenvalue weighted by Gasteiger charge is -2.38. The van der Waals surface area contributed by atoms with Crippen molar-refractivity contribution in [2.45, 2.75) is 31.5 Å². The number of hydrogen-bond acceptors (Lipinski definition) is 4. The molecule has 2 unspecified atom stereocenters. The Morgan fingerprint density at radius 3 is 2.46 bits per heavy atom. The van der Waals surface area contributed by atoms with Gasteiger partial charge in [0.15, 0.2) is 6.61 Å². The van der Waals surface area contributed by atoms with Crippen molar-refractivity contribution in [2.75, 3.05) is 10.9 Å². The van der Waals surface area contributed by atoms with Crippen LogP contribution in [0.5, 0.6) is 5.75 Å². The number of nitrogens with zero attached hydrogens (tertiary/aromatic N) is 1. The van der Waals surface area contributed by atoms with Gasteiger partial charge in [0.05, 0.1) is 11.6 Å². The molecule has 0 saturated carbocycles. The van der Waals surface area contributed by atoms with Crippen LogP contribution in [0.2, 0.25) is 0 Å². The van der Waals surface area contributed by atoms with E-state index < -0.39 is 41.6 Å². The largest absolute Gasteiger partial charge is 0.755 e. The number of carbonyl (C=O) groups is 1. The van der Waals surface area contributed by atoms with Gasteiger partial charge in [0.2, 0.25) is 0 Å². The molecule has 1 aliphatic carbocycles. The van der Waals surface area contributed by atoms with E-state index in [0.717, 1.165) is 23.3 Å². The SMILES string of the molecule is O=C(O)COc1cccc2c1CCCC2N(c1ccc(-c2cccc(C(F)(F)F)c2)cc1)S(=O)[O-]. The van der Waals surface area contributed by atoms with Gasteiger partial charge >= 0.3 is 12.1 Å². The van der Waals surface area contributed by atoms with Crippen LogP contribution in [0.1, 0.15) is 35.6 Å². The van der Waals surface area contributed by atoms with Gasteiger partial charge in [-0.2, -0.15) is 13.2 Å². The number of hydrogen-bond donors (Lipinski definition) is 1. The molecule has 6 nitrogen and oxygen atoms in total. The number of fused-ring (bicyclic) bond motifs is 1. The molecule has 2 atom stereocenters. The molecule has 0 spiro atoms. The smallest absolute Gasteiger partial charge is 0.416 e. The number of anilines is 1. The molecule has 0 saturated heterocycles. The van der Waals surface area contributed by atoms with E-state index in [2.05, 4.69) is 0 Å². The molecule has 1 N–H and O–H groups in total. The molecule has 3 aromatic carbocycles. The molecule has 0 radical (unpaired) electrons. The van der Waals surface area contributed by atoms with E-state index in [1.54, 1.807) is 48.5 Å². The molecule has 0 heterocycles. The Balaban J connectivity index is 1.66. The van der Waals surface area contributed by atoms with Crippen molar-refractivity contribution in [3.63, 3.8) is 0 Å². The van der Waals surface area contributed by atoms with E-state index in [1.807, 2.05) is 0 Å². The molecule has 35 heavy (non-hydrogen) atoms. The van der Waals surface area contributed by atoms with Crippen molar-refractivity contribution in [1.29, 1.82) is 0 Å². The Morgan fingerprint density at radius 2 is 1.80 bits per heavy atom. The number of carboxylic acid groups (broad SMARTS) is 1. The van der Waals surface area contributed by atoms with Crippen LogP contribution < -0.4 is 9.04 Å². The Morgan fingerprint density at radius 1 is 1.09 bits per heavy atom. The first-order chi connectivity index (χ1) is 16.6. The molecular formula is C25H21F3NO5S-. The number of carboxylic acids is 1. The van der Waals surface area contributed by atoms with Gasteiger partial charge in [0, 0.05) is 17.0 Å². The van der Waals surface area contributed by atoms with Crippen LogP contribution in [0.25, 0.3) is 11.1 Å². The highest BCUT2D eigenvalue weighted by atomic mass is 32.2. The van der Waals surface area contributed by atoms with E-state index in [4.69, 9.17) is 9.84 Å². The van der Waals surface area contributed by atoms with E-state index in [9.17, 15) is 26.7 Å². The Hall–Kier alpha value is -3.37. The van der Waals surface area contributed by atoms with Gasteiger partial charge in [-0.1, -0.05) is 36.4 Å². The van der Waals surface area contributed by atoms with Crippen LogP contribution in [0.4, 0.5) is 18.9 Å². The average Bonchev–Trinajstić information content (AvgIpc) is 2.83. The van der Waals surface area contributed by atoms with Crippen molar-refractivity contribution in [2.24, 2.45) is 0 Å². The quantitative estimate of drug-likeness (QED) is 0.429. The number of aliphatic carboxylic acids is 1. The van der Waals surface area contributed by atoms with Crippen LogP contribution in [0.3, 0.4) is 0 Å². The summed E-state index contributed by atoms with van der Waals surface area (Å²) in [7, 11) is 0. The number of halogens is 3. The standard InChI is InChI=1S/C25H22F3NO5S/c26-25(27,28)18-5-1-4-17(14-18)16-10-12-19(13-11-16)29(35(32)33)22-8-2-7-21-20(22)6-3-9-23(21)34-15-24(30)31/h1,3-6,9-14,22H,2,7-8,15H2,(H,30,31)(H,32,33)/p-1. The summed E-state index contributed by atoms with van der Waals surface area (Å²) >= 11 is -2.64. The normalized spacial score (nSPS) is 16.3. The minimum Gasteiger partial charge on any atom is -0.755 e. The van der Waals surface area contributed by atoms with E-state index >= 15 is 0 Å². The second-order valence-electron chi connectivity index (χ2n) is 8.08. The predicted octanol–water partition coefficient (Wildman–Crippen LogP) is 5.51. The summed E-state index contributed by atoms with van der Waals surface area (Å²) < 4.78 is 70.5. The zero-order valence-electron chi connectivity index (χ0n) is 18.3. The second kappa shape index (κ2) is 10.1. The third-order valence-electron chi connectivity index (χ3n) is 5.87. The third-order valence-corrected chi connectivity index (χ3v) is 6.66. The Labute approximate surface area is 202 Å². The zero-order valence-corrected chi connectivity index (χ0v) is 19.1. The first kappa shape index (κ1) is 24.7. The summed E-state index contributed by atoms with van der Waals surface area (Å²) in [5, 5.41) is 8.93. The fraction of sp³-hybridized carbons (Fsp3) is 0.240. The van der Waals surface area contributed by atoms with Crippen LogP contribution in [-0.4, -0.2) is 26.4 Å². The highest BCUT2D eigenvalue weighted by Crippen LogP contribution is 2.41. The summed E-state index contributed by atoms with van der Waals surface area (Å²) in [6, 6.07) is 15.8. The van der Waals surface area contributed by atoms with Crippen molar-refractivity contribution < 1.29 is 36.6 Å². The van der Waals surface area contributed by atoms with Crippen molar-refractivity contribution in [3.8, 4) is 16.9 Å². The van der Waals surface area contributed by atoms with Crippen LogP contribution in [0, 0.1) is 0 Å². The summed E-state index contributed by atoms with van der Waals surface area (Å²) in [4.78, 5) is 10.9. The highest BCUT2D eigenvalue weighted by molar-refractivity contribution is 7.80. The van der Waals surface area contributed by atoms with E-state index in [1.165, 1.54) is 10.4 Å². The lowest BCUT2D eigenvalue weighted by atomic mass is 9.87. The summed E-state index contributed by atoms with van der Waals surface area (Å²) in [6.45, 7) is -0.505. The number of alkyl halides is 3. The van der Waals surface area contributed by atoms with Gasteiger partial charge in [-0.25, -0.2) is 4.79 Å². The first-order valence-electron chi connectivity index (χ1n) is 10.8. The predicted molar refractivity (Wildman–Crippen MR) is 124 cm³/mol. The van der Waals surface area contributed by atoms with Crippen LogP contribution in [-0.2, 0) is 28.7 Å². The van der Waals surface area contributed by atoms with E-state index in [0.29, 0.717) is 41.8 Å². The molecule has 1 aliphatic rings. The second-order valence-corrected chi connectivity index (χ2v) is 8.91. The highest BCUT2D eigenvalue weighted by Gasteiger charge is 2.31. The minimum absolute atomic E-state index is 0.365. The minimum atomic E-state index is -4.46. The monoisotopic (exact) mass is 504 g/mol. The van der Waals surface area contributed by atoms with Gasteiger partial charge in [0.25, 0.3) is 0 Å². The van der Waals surface area contributed by atoms with E-state index in [-0.39, 0.29) is 0 Å². The Kier molecular flexibility index (Phi) is 7.13. The summed E-state index contributed by atoms with van der Waals surface area (Å²) in [6.07, 6.45) is -2.64. The molecule has 0 amide bonds. The molecule has 184 valence electrons. The number of ether oxygens (including phenoxy) is 1. The summed E-state index contributed by atoms with van der Waals surface area (Å²) in [5.41, 5.74) is 1.98. The molecule has 4 rings (SSSR count). The molecule has 10 heteroatoms. The molecule has 0 aliphatic heterocycles. The van der Waals surface area contributed by atoms with Gasteiger partial charge < -0.3 is 14.4 Å². The van der Waals surface area contributed by atoms with Crippen molar-refractivity contribution in [3.05, 3.63) is 83.4 Å². The van der Waals surface area contributed by atoms with Crippen molar-refractivity contribution in [1.82, 2.24) is 0 Å². The fourth-order valence-corrected chi connectivity index (χ4v) is 5.07. The zero-order chi connectivity index (χ0) is 25.2. The average molecular weight is 505 g/mol. The molecule has 0 bridgehead atoms. The number of benzene rings is 3. The number of rotatable bonds is 7. The lowest BCUT2D eigenvalue weighted by molar-refractivity contribution is -0.139. The molecule has 0 fully saturated rings. The van der Waals surface area contributed by atoms with Crippen LogP contribution >= 0.6 is 0 Å². The fourth-order valence-electron chi connectivity index (χ4n) is 4.35. The maximum atomic E-state index is 13.1.